The summed E-state index contributed by atoms with van der Waals surface area (Å²) < 4.78 is 7.16. The molecule has 0 aliphatic carbocycles. The van der Waals surface area contributed by atoms with Crippen LogP contribution in [0.4, 0.5) is 0 Å². The van der Waals surface area contributed by atoms with E-state index < -0.39 is 0 Å². The molecule has 1 nitrogen and oxygen atoms in total. The summed E-state index contributed by atoms with van der Waals surface area (Å²) in [5, 5.41) is 17.1. The normalized spacial score (nSPS) is 12.0. The molecule has 0 aliphatic heterocycles. The maximum atomic E-state index is 7.16. The minimum Gasteiger partial charge on any atom is -0.455 e. The lowest BCUT2D eigenvalue weighted by Gasteiger charge is -2.19. The van der Waals surface area contributed by atoms with Crippen LogP contribution in [0.5, 0.6) is 0 Å². The van der Waals surface area contributed by atoms with E-state index in [2.05, 4.69) is 231 Å². The first kappa shape index (κ1) is 36.0. The van der Waals surface area contributed by atoms with Crippen molar-refractivity contribution in [1.29, 1.82) is 0 Å². The van der Waals surface area contributed by atoms with Crippen LogP contribution >= 0.6 is 0 Å². The van der Waals surface area contributed by atoms with Crippen LogP contribution in [0, 0.1) is 0 Å². The number of fused-ring (bicyclic) bond motifs is 8. The van der Waals surface area contributed by atoms with Gasteiger partial charge in [0.2, 0.25) is 0 Å². The van der Waals surface area contributed by atoms with Gasteiger partial charge >= 0.3 is 0 Å². The minimum atomic E-state index is 0.893. The van der Waals surface area contributed by atoms with Gasteiger partial charge in [-0.15, -0.1) is 0 Å². The molecular formula is C64H38O. The molecule has 0 N–H and O–H groups in total. The van der Waals surface area contributed by atoms with Gasteiger partial charge in [-0.3, -0.25) is 0 Å². The van der Waals surface area contributed by atoms with Crippen molar-refractivity contribution in [1.82, 2.24) is 0 Å². The van der Waals surface area contributed by atoms with Crippen LogP contribution in [0.2, 0.25) is 0 Å². The maximum absolute atomic E-state index is 7.16. The predicted octanol–water partition coefficient (Wildman–Crippen LogP) is 18.3. The quantitative estimate of drug-likeness (QED) is 0.124. The van der Waals surface area contributed by atoms with Gasteiger partial charge in [0, 0.05) is 21.5 Å². The fourth-order valence-corrected chi connectivity index (χ4v) is 11.1. The first-order valence-electron chi connectivity index (χ1n) is 22.5. The number of furan rings is 1. The molecule has 0 fully saturated rings. The molecule has 0 spiro atoms. The molecule has 1 aromatic heterocycles. The Morgan fingerprint density at radius 2 is 0.754 bits per heavy atom. The van der Waals surface area contributed by atoms with Crippen LogP contribution < -0.4 is 0 Å². The maximum Gasteiger partial charge on any atom is 0.143 e. The van der Waals surface area contributed by atoms with Crippen LogP contribution in [-0.2, 0) is 0 Å². The molecule has 13 aromatic carbocycles. The highest BCUT2D eigenvalue weighted by molar-refractivity contribution is 6.38. The summed E-state index contributed by atoms with van der Waals surface area (Å²) in [7, 11) is 0. The topological polar surface area (TPSA) is 13.1 Å². The lowest BCUT2D eigenvalue weighted by atomic mass is 9.84. The van der Waals surface area contributed by atoms with Crippen LogP contribution in [0.1, 0.15) is 0 Å². The third-order valence-electron chi connectivity index (χ3n) is 13.9. The summed E-state index contributed by atoms with van der Waals surface area (Å²) in [6.45, 7) is 0. The molecule has 0 aliphatic rings. The zero-order chi connectivity index (χ0) is 42.6. The summed E-state index contributed by atoms with van der Waals surface area (Å²) >= 11 is 0. The molecule has 0 radical (unpaired) electrons. The van der Waals surface area contributed by atoms with E-state index in [1.54, 1.807) is 0 Å². The Balaban J connectivity index is 1.00. The smallest absolute Gasteiger partial charge is 0.143 e. The molecule has 0 bridgehead atoms. The van der Waals surface area contributed by atoms with Crippen molar-refractivity contribution in [2.75, 3.05) is 0 Å². The van der Waals surface area contributed by atoms with Crippen molar-refractivity contribution >= 4 is 86.6 Å². The SMILES string of the molecule is c1ccc(-c2cc(-c3ccccc3)cc(-c3c4ccccc4c(-c4ccc5c(c4)oc4c6cccc7c(-c8ccc9ccccc9c8)cc8cccc(c54)c8c76)c4ccccc34)c2)cc1. The molecule has 0 unspecified atom stereocenters. The fourth-order valence-electron chi connectivity index (χ4n) is 11.1. The molecule has 1 heteroatoms. The lowest BCUT2D eigenvalue weighted by molar-refractivity contribution is 0.673. The van der Waals surface area contributed by atoms with Gasteiger partial charge in [-0.2, -0.15) is 0 Å². The van der Waals surface area contributed by atoms with E-state index in [9.17, 15) is 0 Å². The van der Waals surface area contributed by atoms with Gasteiger partial charge in [-0.25, -0.2) is 0 Å². The first-order valence-corrected chi connectivity index (χ1v) is 22.5. The van der Waals surface area contributed by atoms with Crippen molar-refractivity contribution in [3.63, 3.8) is 0 Å². The van der Waals surface area contributed by atoms with Crippen molar-refractivity contribution in [2.24, 2.45) is 0 Å². The fraction of sp³-hybridized carbons (Fsp3) is 0. The molecule has 14 aromatic rings. The van der Waals surface area contributed by atoms with Crippen LogP contribution in [0.3, 0.4) is 0 Å². The molecule has 300 valence electrons. The summed E-state index contributed by atoms with van der Waals surface area (Å²) in [5.41, 5.74) is 13.9. The molecule has 0 amide bonds. The molecule has 1 heterocycles. The van der Waals surface area contributed by atoms with Gasteiger partial charge in [-0.1, -0.05) is 188 Å². The highest BCUT2D eigenvalue weighted by Gasteiger charge is 2.23. The van der Waals surface area contributed by atoms with E-state index in [4.69, 9.17) is 4.42 Å². The van der Waals surface area contributed by atoms with Crippen LogP contribution in [0.25, 0.3) is 142 Å². The second-order valence-corrected chi connectivity index (χ2v) is 17.5. The molecular weight excluding hydrogens is 785 g/mol. The number of hydrogen-bond acceptors (Lipinski definition) is 1. The molecule has 65 heavy (non-hydrogen) atoms. The van der Waals surface area contributed by atoms with E-state index in [1.165, 1.54) is 115 Å². The lowest BCUT2D eigenvalue weighted by Crippen LogP contribution is -1.92. The Hall–Kier alpha value is -8.52. The highest BCUT2D eigenvalue weighted by atomic mass is 16.3. The Morgan fingerprint density at radius 3 is 1.45 bits per heavy atom. The van der Waals surface area contributed by atoms with Crippen molar-refractivity contribution < 1.29 is 4.42 Å². The summed E-state index contributed by atoms with van der Waals surface area (Å²) in [6.07, 6.45) is 0. The number of hydrogen-bond donors (Lipinski definition) is 0. The van der Waals surface area contributed by atoms with E-state index in [1.807, 2.05) is 0 Å². The average molecular weight is 823 g/mol. The van der Waals surface area contributed by atoms with E-state index in [-0.39, 0.29) is 0 Å². The summed E-state index contributed by atoms with van der Waals surface area (Å²) in [6, 6.07) is 84.7. The Kier molecular flexibility index (Phi) is 7.75. The zero-order valence-electron chi connectivity index (χ0n) is 35.3. The molecule has 0 atom stereocenters. The zero-order valence-corrected chi connectivity index (χ0v) is 35.3. The third-order valence-corrected chi connectivity index (χ3v) is 13.9. The Morgan fingerprint density at radius 1 is 0.231 bits per heavy atom. The first-order chi connectivity index (χ1) is 32.2. The van der Waals surface area contributed by atoms with Gasteiger partial charge < -0.3 is 4.42 Å². The van der Waals surface area contributed by atoms with Gasteiger partial charge in [0.1, 0.15) is 11.2 Å². The molecule has 0 saturated carbocycles. The van der Waals surface area contributed by atoms with Gasteiger partial charge in [0.25, 0.3) is 0 Å². The second kappa shape index (κ2) is 14.0. The van der Waals surface area contributed by atoms with E-state index in [0.29, 0.717) is 0 Å². The van der Waals surface area contributed by atoms with Gasteiger partial charge in [0.15, 0.2) is 0 Å². The largest absolute Gasteiger partial charge is 0.455 e. The Bertz CT molecular complexity index is 4100. The number of benzene rings is 13. The Labute approximate surface area is 375 Å². The van der Waals surface area contributed by atoms with E-state index in [0.717, 1.165) is 27.5 Å². The van der Waals surface area contributed by atoms with Gasteiger partial charge in [0.05, 0.1) is 0 Å². The van der Waals surface area contributed by atoms with Crippen molar-refractivity contribution in [2.45, 2.75) is 0 Å². The van der Waals surface area contributed by atoms with Crippen molar-refractivity contribution in [3.05, 3.63) is 231 Å². The molecule has 14 rings (SSSR count). The minimum absolute atomic E-state index is 0.893. The highest BCUT2D eigenvalue weighted by Crippen LogP contribution is 2.50. The van der Waals surface area contributed by atoms with Gasteiger partial charge in [-0.05, 0) is 152 Å². The van der Waals surface area contributed by atoms with Crippen LogP contribution in [-0.4, -0.2) is 0 Å². The number of rotatable bonds is 5. The van der Waals surface area contributed by atoms with Crippen molar-refractivity contribution in [3.8, 4) is 55.6 Å². The summed E-state index contributed by atoms with van der Waals surface area (Å²) in [4.78, 5) is 0. The van der Waals surface area contributed by atoms with Crippen LogP contribution in [0.15, 0.2) is 235 Å². The average Bonchev–Trinajstić information content (AvgIpc) is 3.77. The predicted molar refractivity (Wildman–Crippen MR) is 277 cm³/mol. The standard InChI is InChI=1S/C64H38O/c1-3-15-39(16-4-1)46-34-47(40-17-5-2-6-18-40)36-48(35-46)60-51-24-11-9-22-49(51)59(50-23-10-12-25-52(50)60)45-31-32-54-58(38-45)65-64-56-28-14-26-53-57(43-30-29-41-19-7-8-20-42(41)33-43)37-44-21-13-27-55(63(54)64)61(44)62(53)56/h1-38H. The second-order valence-electron chi connectivity index (χ2n) is 17.5. The monoisotopic (exact) mass is 822 g/mol. The third kappa shape index (κ3) is 5.46. The van der Waals surface area contributed by atoms with E-state index >= 15 is 0 Å². The summed E-state index contributed by atoms with van der Waals surface area (Å²) in [5.74, 6) is 0. The molecule has 0 saturated heterocycles.